The zero-order chi connectivity index (χ0) is 27.3. The van der Waals surface area contributed by atoms with Gasteiger partial charge in [0.05, 0.1) is 10.1 Å². The van der Waals surface area contributed by atoms with E-state index >= 15 is 0 Å². The van der Waals surface area contributed by atoms with Crippen LogP contribution in [0.2, 0.25) is 0 Å². The number of nitrogens with zero attached hydrogens (tertiary/aromatic N) is 5. The van der Waals surface area contributed by atoms with Crippen molar-refractivity contribution in [1.82, 2.24) is 14.9 Å². The van der Waals surface area contributed by atoms with Crippen LogP contribution in [-0.4, -0.2) is 92.7 Å². The lowest BCUT2D eigenvalue weighted by Crippen LogP contribution is -2.28. The van der Waals surface area contributed by atoms with Gasteiger partial charge in [0.1, 0.15) is 22.8 Å². The third-order valence-electron chi connectivity index (χ3n) is 5.92. The summed E-state index contributed by atoms with van der Waals surface area (Å²) in [6.45, 7) is 1.74. The van der Waals surface area contributed by atoms with Gasteiger partial charge < -0.3 is 19.7 Å². The average molecular weight is 563 g/mol. The van der Waals surface area contributed by atoms with Gasteiger partial charge in [-0.25, -0.2) is 18.4 Å². The lowest BCUT2D eigenvalue weighted by Gasteiger charge is -2.20. The Morgan fingerprint density at radius 1 is 1.16 bits per heavy atom. The van der Waals surface area contributed by atoms with Crippen LogP contribution in [0.3, 0.4) is 0 Å². The minimum absolute atomic E-state index is 0. The van der Waals surface area contributed by atoms with Crippen molar-refractivity contribution in [3.8, 4) is 0 Å². The lowest BCUT2D eigenvalue weighted by atomic mass is 10.1. The molecule has 4 rings (SSSR count). The molecule has 11 nitrogen and oxygen atoms in total. The van der Waals surface area contributed by atoms with Crippen molar-refractivity contribution < 1.29 is 24.6 Å². The molecule has 2 aromatic heterocycles. The zero-order valence-electron chi connectivity index (χ0n) is 21.6. The SMILES string of the molecule is CN(C)CCN(C)c1ccc2nc(NC(=O)/C(=N/OCCCO)c3ccc(S(=O)(=O)C4CC4)cc3)sc2n1.[HH]. The van der Waals surface area contributed by atoms with Crippen molar-refractivity contribution in [1.29, 1.82) is 0 Å². The third kappa shape index (κ3) is 6.84. The first-order valence-electron chi connectivity index (χ1n) is 12.3. The summed E-state index contributed by atoms with van der Waals surface area (Å²) in [7, 11) is 2.65. The molecule has 206 valence electrons. The topological polar surface area (TPSA) is 137 Å². The molecule has 1 aliphatic carbocycles. The Labute approximate surface area is 227 Å². The van der Waals surface area contributed by atoms with Crippen LogP contribution < -0.4 is 10.2 Å². The van der Waals surface area contributed by atoms with Gasteiger partial charge in [0, 0.05) is 40.2 Å². The summed E-state index contributed by atoms with van der Waals surface area (Å²) in [5.41, 5.74) is 1.02. The molecule has 0 spiro atoms. The van der Waals surface area contributed by atoms with Crippen molar-refractivity contribution in [2.75, 3.05) is 57.7 Å². The first kappa shape index (κ1) is 27.9. The number of aliphatic hydroxyl groups excluding tert-OH is 1. The van der Waals surface area contributed by atoms with E-state index < -0.39 is 15.7 Å². The van der Waals surface area contributed by atoms with Crippen LogP contribution in [0.4, 0.5) is 10.9 Å². The number of carbonyl (C=O) groups excluding carboxylic acids is 1. The van der Waals surface area contributed by atoms with Crippen LogP contribution in [0.5, 0.6) is 0 Å². The predicted molar refractivity (Wildman–Crippen MR) is 151 cm³/mol. The first-order chi connectivity index (χ1) is 18.2. The number of aliphatic hydroxyl groups is 1. The Morgan fingerprint density at radius 2 is 1.89 bits per heavy atom. The number of hydrogen-bond donors (Lipinski definition) is 2. The molecule has 2 N–H and O–H groups in total. The molecule has 0 radical (unpaired) electrons. The highest BCUT2D eigenvalue weighted by atomic mass is 32.2. The fraction of sp³-hybridized carbons (Fsp3) is 0.440. The molecule has 0 bridgehead atoms. The summed E-state index contributed by atoms with van der Waals surface area (Å²) in [6, 6.07) is 9.80. The average Bonchev–Trinajstić information content (AvgIpc) is 3.68. The van der Waals surface area contributed by atoms with E-state index in [9.17, 15) is 13.2 Å². The molecule has 1 amide bonds. The second-order valence-corrected chi connectivity index (χ2v) is 12.5. The number of likely N-dealkylation sites (N-methyl/N-ethyl adjacent to an activating group) is 2. The Kier molecular flexibility index (Phi) is 8.92. The normalized spacial score (nSPS) is 14.2. The number of thiazole rings is 1. The first-order valence-corrected chi connectivity index (χ1v) is 14.7. The quantitative estimate of drug-likeness (QED) is 0.183. The smallest absolute Gasteiger partial charge is 0.280 e. The van der Waals surface area contributed by atoms with Crippen LogP contribution in [0.1, 0.15) is 26.3 Å². The molecule has 1 saturated carbocycles. The molecule has 2 heterocycles. The summed E-state index contributed by atoms with van der Waals surface area (Å²) in [5, 5.41) is 15.8. The van der Waals surface area contributed by atoms with Gasteiger partial charge >= 0.3 is 0 Å². The lowest BCUT2D eigenvalue weighted by molar-refractivity contribution is -0.110. The highest BCUT2D eigenvalue weighted by Crippen LogP contribution is 2.33. The molecule has 3 aromatic rings. The standard InChI is InChI=1S/C25H32N6O5S2.H2/c1-30(2)13-14-31(3)21-12-11-20-24(27-21)37-25(26-20)28-23(33)22(29-36-16-4-15-32)17-5-7-18(8-6-17)38(34,35)19-9-10-19;/h5-8,11-12,19,32H,4,9-10,13-16H2,1-3H3,(H,26,28,33);1H/b29-22+;. The number of fused-ring (bicyclic) bond motifs is 1. The van der Waals surface area contributed by atoms with Crippen LogP contribution in [0.15, 0.2) is 46.4 Å². The van der Waals surface area contributed by atoms with Crippen LogP contribution in [0.25, 0.3) is 10.3 Å². The van der Waals surface area contributed by atoms with Crippen molar-refractivity contribution in [2.45, 2.75) is 29.4 Å². The number of sulfone groups is 1. The maximum atomic E-state index is 13.2. The van der Waals surface area contributed by atoms with E-state index in [1.54, 1.807) is 12.1 Å². The Balaban J connectivity index is 0.00000420. The van der Waals surface area contributed by atoms with E-state index in [2.05, 4.69) is 30.2 Å². The number of hydrogen-bond acceptors (Lipinski definition) is 11. The minimum atomic E-state index is -3.35. The van der Waals surface area contributed by atoms with Gasteiger partial charge in [0.25, 0.3) is 5.91 Å². The molecule has 1 aliphatic rings. The molecule has 0 aliphatic heterocycles. The number of rotatable bonds is 13. The van der Waals surface area contributed by atoms with E-state index in [-0.39, 0.29) is 30.5 Å². The Morgan fingerprint density at radius 3 is 2.55 bits per heavy atom. The summed E-state index contributed by atoms with van der Waals surface area (Å²) in [5.74, 6) is 0.246. The number of nitrogens with one attached hydrogen (secondary N) is 1. The Bertz CT molecular complexity index is 1410. The molecule has 38 heavy (non-hydrogen) atoms. The predicted octanol–water partition coefficient (Wildman–Crippen LogP) is 2.61. The molecular weight excluding hydrogens is 528 g/mol. The van der Waals surface area contributed by atoms with E-state index in [4.69, 9.17) is 9.94 Å². The van der Waals surface area contributed by atoms with E-state index in [0.717, 1.165) is 18.9 Å². The molecule has 0 saturated heterocycles. The number of anilines is 2. The van der Waals surface area contributed by atoms with E-state index in [0.29, 0.717) is 40.3 Å². The van der Waals surface area contributed by atoms with Gasteiger partial charge in [-0.1, -0.05) is 28.6 Å². The van der Waals surface area contributed by atoms with Crippen molar-refractivity contribution in [3.05, 3.63) is 42.0 Å². The van der Waals surface area contributed by atoms with Gasteiger partial charge in [0.15, 0.2) is 20.7 Å². The summed E-state index contributed by atoms with van der Waals surface area (Å²) in [4.78, 5) is 32.7. The van der Waals surface area contributed by atoms with Crippen molar-refractivity contribution in [2.24, 2.45) is 5.16 Å². The highest BCUT2D eigenvalue weighted by Gasteiger charge is 2.36. The second-order valence-electron chi connectivity index (χ2n) is 9.31. The van der Waals surface area contributed by atoms with Gasteiger partial charge in [-0.15, -0.1) is 0 Å². The Hall–Kier alpha value is -3.13. The van der Waals surface area contributed by atoms with Gasteiger partial charge in [-0.3, -0.25) is 10.1 Å². The fourth-order valence-corrected chi connectivity index (χ4v) is 6.02. The second kappa shape index (κ2) is 12.2. The van der Waals surface area contributed by atoms with E-state index in [1.165, 1.54) is 23.5 Å². The van der Waals surface area contributed by atoms with Gasteiger partial charge in [0.2, 0.25) is 0 Å². The van der Waals surface area contributed by atoms with Crippen LogP contribution in [0, 0.1) is 0 Å². The number of benzene rings is 1. The third-order valence-corrected chi connectivity index (χ3v) is 9.08. The molecule has 1 fully saturated rings. The number of pyridine rings is 1. The largest absolute Gasteiger partial charge is 0.396 e. The summed E-state index contributed by atoms with van der Waals surface area (Å²) < 4.78 is 25.1. The van der Waals surface area contributed by atoms with Gasteiger partial charge in [-0.2, -0.15) is 0 Å². The monoisotopic (exact) mass is 562 g/mol. The zero-order valence-corrected chi connectivity index (χ0v) is 23.3. The molecule has 13 heteroatoms. The highest BCUT2D eigenvalue weighted by molar-refractivity contribution is 7.92. The molecule has 0 unspecified atom stereocenters. The number of aromatic nitrogens is 2. The number of amides is 1. The van der Waals surface area contributed by atoms with Crippen molar-refractivity contribution >= 4 is 54.1 Å². The summed E-state index contributed by atoms with van der Waals surface area (Å²) >= 11 is 1.24. The number of oxime groups is 1. The minimum Gasteiger partial charge on any atom is -0.396 e. The van der Waals surface area contributed by atoms with Gasteiger partial charge in [-0.05, 0) is 51.2 Å². The fourth-order valence-electron chi connectivity index (χ4n) is 3.53. The maximum Gasteiger partial charge on any atom is 0.280 e. The van der Waals surface area contributed by atoms with Crippen LogP contribution in [-0.2, 0) is 19.5 Å². The maximum absolute atomic E-state index is 13.2. The van der Waals surface area contributed by atoms with E-state index in [1.807, 2.05) is 33.3 Å². The molecular formula is C25H34N6O5S2. The molecule has 0 atom stereocenters. The van der Waals surface area contributed by atoms with Crippen LogP contribution >= 0.6 is 11.3 Å². The molecule has 1 aromatic carbocycles. The number of carbonyl (C=O) groups is 1. The van der Waals surface area contributed by atoms with Crippen molar-refractivity contribution in [3.63, 3.8) is 0 Å². The summed E-state index contributed by atoms with van der Waals surface area (Å²) in [6.07, 6.45) is 1.69.